The van der Waals surface area contributed by atoms with Crippen molar-refractivity contribution < 1.29 is 14.6 Å². The van der Waals surface area contributed by atoms with Gasteiger partial charge in [0.25, 0.3) is 0 Å². The van der Waals surface area contributed by atoms with Gasteiger partial charge in [-0.1, -0.05) is 13.8 Å². The van der Waals surface area contributed by atoms with E-state index in [1.165, 1.54) is 6.42 Å². The number of methoxy groups -OCH3 is 1. The Balaban J connectivity index is 2.01. The number of carboxylic acids is 1. The Labute approximate surface area is 174 Å². The molecule has 1 aliphatic rings. The van der Waals surface area contributed by atoms with Gasteiger partial charge in [-0.15, -0.1) is 0 Å². The monoisotopic (exact) mass is 404 g/mol. The number of anilines is 1. The average molecular weight is 405 g/mol. The number of rotatable bonds is 9. The van der Waals surface area contributed by atoms with Crippen molar-refractivity contribution in [2.75, 3.05) is 51.8 Å². The maximum Gasteiger partial charge on any atom is 0.335 e. The lowest BCUT2D eigenvalue weighted by molar-refractivity contribution is 0.0697. The molecule has 29 heavy (non-hydrogen) atoms. The van der Waals surface area contributed by atoms with Crippen LogP contribution in [0.1, 0.15) is 44.0 Å². The van der Waals surface area contributed by atoms with E-state index in [1.54, 1.807) is 31.4 Å². The second kappa shape index (κ2) is 11.8. The highest BCUT2D eigenvalue weighted by Gasteiger charge is 2.23. The van der Waals surface area contributed by atoms with Crippen LogP contribution in [0.3, 0.4) is 0 Å². The number of nitrogens with one attached hydrogen (secondary N) is 1. The number of benzene rings is 1. The number of nitrogens with zero attached hydrogens (tertiary/aromatic N) is 3. The minimum atomic E-state index is -0.920. The molecule has 162 valence electrons. The number of aliphatic imine (C=N–C) groups is 1. The fourth-order valence-corrected chi connectivity index (χ4v) is 3.64. The van der Waals surface area contributed by atoms with Gasteiger partial charge in [0, 0.05) is 58.2 Å². The van der Waals surface area contributed by atoms with Crippen molar-refractivity contribution in [2.24, 2.45) is 10.9 Å². The van der Waals surface area contributed by atoms with Gasteiger partial charge in [0.1, 0.15) is 0 Å². The van der Waals surface area contributed by atoms with Gasteiger partial charge in [-0.05, 0) is 49.9 Å². The zero-order chi connectivity index (χ0) is 21.2. The van der Waals surface area contributed by atoms with E-state index in [9.17, 15) is 4.79 Å². The number of carboxylic acid groups (broad SMARTS) is 1. The number of carbonyl (C=O) groups is 1. The normalized spacial score (nSPS) is 16.9. The lowest BCUT2D eigenvalue weighted by Crippen LogP contribution is -2.53. The number of piperazine rings is 1. The highest BCUT2D eigenvalue weighted by molar-refractivity contribution is 5.94. The minimum absolute atomic E-state index is 0.280. The first-order valence-corrected chi connectivity index (χ1v) is 10.5. The van der Waals surface area contributed by atoms with Crippen LogP contribution in [0.5, 0.6) is 0 Å². The molecule has 0 spiro atoms. The van der Waals surface area contributed by atoms with Gasteiger partial charge >= 0.3 is 5.97 Å². The van der Waals surface area contributed by atoms with Crippen LogP contribution < -0.4 is 5.32 Å². The Morgan fingerprint density at radius 2 is 1.83 bits per heavy atom. The van der Waals surface area contributed by atoms with Crippen LogP contribution in [0.2, 0.25) is 0 Å². The van der Waals surface area contributed by atoms with Crippen molar-refractivity contribution in [2.45, 2.75) is 39.7 Å². The molecule has 7 nitrogen and oxygen atoms in total. The van der Waals surface area contributed by atoms with Crippen LogP contribution in [0.15, 0.2) is 29.3 Å². The molecule has 0 saturated carbocycles. The predicted octanol–water partition coefficient (Wildman–Crippen LogP) is 3.24. The SMILES string of the molecule is COCCCN=C(Nc1ccc(C(=O)O)cc1)N1CCN([C@H](C)CC(C)C)CC1. The van der Waals surface area contributed by atoms with E-state index in [2.05, 4.69) is 35.9 Å². The van der Waals surface area contributed by atoms with E-state index in [0.29, 0.717) is 25.1 Å². The third kappa shape index (κ3) is 7.66. The summed E-state index contributed by atoms with van der Waals surface area (Å²) in [5.41, 5.74) is 1.12. The van der Waals surface area contributed by atoms with E-state index in [-0.39, 0.29) is 5.56 Å². The summed E-state index contributed by atoms with van der Waals surface area (Å²) in [6, 6.07) is 7.39. The molecule has 1 heterocycles. The number of ether oxygens (including phenoxy) is 1. The number of aromatic carboxylic acids is 1. The van der Waals surface area contributed by atoms with Gasteiger partial charge in [0.05, 0.1) is 5.56 Å². The Morgan fingerprint density at radius 1 is 1.17 bits per heavy atom. The minimum Gasteiger partial charge on any atom is -0.478 e. The van der Waals surface area contributed by atoms with Crippen molar-refractivity contribution in [1.82, 2.24) is 9.80 Å². The van der Waals surface area contributed by atoms with E-state index >= 15 is 0 Å². The Morgan fingerprint density at radius 3 is 2.38 bits per heavy atom. The lowest BCUT2D eigenvalue weighted by Gasteiger charge is -2.40. The van der Waals surface area contributed by atoms with Crippen molar-refractivity contribution in [3.8, 4) is 0 Å². The Kier molecular flexibility index (Phi) is 9.41. The molecule has 2 N–H and O–H groups in total. The van der Waals surface area contributed by atoms with Crippen LogP contribution in [0, 0.1) is 5.92 Å². The molecule has 1 saturated heterocycles. The fourth-order valence-electron chi connectivity index (χ4n) is 3.64. The van der Waals surface area contributed by atoms with Crippen LogP contribution in [0.4, 0.5) is 5.69 Å². The molecule has 2 rings (SSSR count). The Bertz CT molecular complexity index is 653. The summed E-state index contributed by atoms with van der Waals surface area (Å²) in [5, 5.41) is 12.5. The van der Waals surface area contributed by atoms with Crippen LogP contribution in [-0.4, -0.2) is 79.3 Å². The molecule has 1 aromatic carbocycles. The summed E-state index contributed by atoms with van der Waals surface area (Å²) in [6.45, 7) is 12.1. The lowest BCUT2D eigenvalue weighted by atomic mass is 10.0. The molecular weight excluding hydrogens is 368 g/mol. The molecule has 0 radical (unpaired) electrons. The molecule has 1 atom stereocenters. The summed E-state index contributed by atoms with van der Waals surface area (Å²) in [5.74, 6) is 0.633. The van der Waals surface area contributed by atoms with Crippen molar-refractivity contribution in [3.05, 3.63) is 29.8 Å². The van der Waals surface area contributed by atoms with Gasteiger partial charge in [0.2, 0.25) is 0 Å². The molecule has 7 heteroatoms. The second-order valence-electron chi connectivity index (χ2n) is 8.06. The van der Waals surface area contributed by atoms with E-state index < -0.39 is 5.97 Å². The molecule has 0 bridgehead atoms. The largest absolute Gasteiger partial charge is 0.478 e. The number of guanidine groups is 1. The summed E-state index contributed by atoms with van der Waals surface area (Å²) < 4.78 is 5.13. The number of hydrogen-bond donors (Lipinski definition) is 2. The average Bonchev–Trinajstić information content (AvgIpc) is 2.70. The van der Waals surface area contributed by atoms with Gasteiger partial charge in [-0.3, -0.25) is 9.89 Å². The quantitative estimate of drug-likeness (QED) is 0.374. The zero-order valence-electron chi connectivity index (χ0n) is 18.2. The molecule has 1 fully saturated rings. The number of hydrogen-bond acceptors (Lipinski definition) is 4. The first-order valence-electron chi connectivity index (χ1n) is 10.5. The highest BCUT2D eigenvalue weighted by atomic mass is 16.5. The van der Waals surface area contributed by atoms with Gasteiger partial charge in [0.15, 0.2) is 5.96 Å². The van der Waals surface area contributed by atoms with Crippen LogP contribution in [-0.2, 0) is 4.74 Å². The van der Waals surface area contributed by atoms with E-state index in [4.69, 9.17) is 14.8 Å². The summed E-state index contributed by atoms with van der Waals surface area (Å²) in [6.07, 6.45) is 2.08. The zero-order valence-corrected chi connectivity index (χ0v) is 18.2. The summed E-state index contributed by atoms with van der Waals surface area (Å²) in [7, 11) is 1.70. The first kappa shape index (κ1) is 23.2. The Hall–Kier alpha value is -2.12. The van der Waals surface area contributed by atoms with Crippen molar-refractivity contribution >= 4 is 17.6 Å². The first-order chi connectivity index (χ1) is 13.9. The molecule has 1 aliphatic heterocycles. The summed E-state index contributed by atoms with van der Waals surface area (Å²) >= 11 is 0. The smallest absolute Gasteiger partial charge is 0.335 e. The molecule has 0 unspecified atom stereocenters. The van der Waals surface area contributed by atoms with Crippen LogP contribution in [0.25, 0.3) is 0 Å². The molecule has 0 aliphatic carbocycles. The maximum atomic E-state index is 11.1. The second-order valence-corrected chi connectivity index (χ2v) is 8.06. The standard InChI is InChI=1S/C22H36N4O3/c1-17(2)16-18(3)25-11-13-26(14-12-25)22(23-10-5-15-29-4)24-20-8-6-19(7-9-20)21(27)28/h6-9,17-18H,5,10-16H2,1-4H3,(H,23,24)(H,27,28)/t18-/m1/s1. The van der Waals surface area contributed by atoms with E-state index in [0.717, 1.165) is 44.2 Å². The highest BCUT2D eigenvalue weighted by Crippen LogP contribution is 2.16. The molecule has 0 aromatic heterocycles. The molecular formula is C22H36N4O3. The van der Waals surface area contributed by atoms with Gasteiger partial charge < -0.3 is 20.1 Å². The van der Waals surface area contributed by atoms with Gasteiger partial charge in [-0.2, -0.15) is 0 Å². The third-order valence-corrected chi connectivity index (χ3v) is 5.21. The third-order valence-electron chi connectivity index (χ3n) is 5.21. The predicted molar refractivity (Wildman–Crippen MR) is 118 cm³/mol. The summed E-state index contributed by atoms with van der Waals surface area (Å²) in [4.78, 5) is 20.7. The molecule has 1 aromatic rings. The topological polar surface area (TPSA) is 77.4 Å². The van der Waals surface area contributed by atoms with E-state index in [1.807, 2.05) is 0 Å². The van der Waals surface area contributed by atoms with Gasteiger partial charge in [-0.25, -0.2) is 4.79 Å². The van der Waals surface area contributed by atoms with Crippen LogP contribution >= 0.6 is 0 Å². The van der Waals surface area contributed by atoms with Crippen molar-refractivity contribution in [3.63, 3.8) is 0 Å². The maximum absolute atomic E-state index is 11.1. The van der Waals surface area contributed by atoms with Crippen molar-refractivity contribution in [1.29, 1.82) is 0 Å². The molecule has 0 amide bonds. The fraction of sp³-hybridized carbons (Fsp3) is 0.636.